The third-order valence-corrected chi connectivity index (χ3v) is 6.04. The Morgan fingerprint density at radius 1 is 1.31 bits per heavy atom. The number of fused-ring (bicyclic) bond motifs is 4. The number of ether oxygens (including phenoxy) is 2. The number of carbonyl (C=O) groups excluding carboxylic acids is 1. The number of rotatable bonds is 5. The number of carbonyl (C=O) groups is 1. The first-order valence-electron chi connectivity index (χ1n) is 9.35. The van der Waals surface area contributed by atoms with Crippen LogP contribution in [0, 0.1) is 5.92 Å². The Hall–Kier alpha value is -2.35. The van der Waals surface area contributed by atoms with Crippen molar-refractivity contribution in [3.63, 3.8) is 0 Å². The van der Waals surface area contributed by atoms with Gasteiger partial charge in [0.15, 0.2) is 10.8 Å². The molecule has 0 saturated carbocycles. The van der Waals surface area contributed by atoms with E-state index < -0.39 is 11.6 Å². The molecule has 6 nitrogen and oxygen atoms in total. The van der Waals surface area contributed by atoms with E-state index in [0.717, 1.165) is 11.3 Å². The largest absolute Gasteiger partial charge is 0.467 e. The summed E-state index contributed by atoms with van der Waals surface area (Å²) < 4.78 is 11.7. The molecule has 29 heavy (non-hydrogen) atoms. The number of thiocarbonyl (C=S) groups is 1. The van der Waals surface area contributed by atoms with Gasteiger partial charge in [-0.25, -0.2) is 0 Å². The van der Waals surface area contributed by atoms with Crippen LogP contribution in [0.25, 0.3) is 0 Å². The summed E-state index contributed by atoms with van der Waals surface area (Å²) in [6, 6.07) is 14.5. The van der Waals surface area contributed by atoms with Crippen LogP contribution in [-0.4, -0.2) is 41.9 Å². The third kappa shape index (κ3) is 3.54. The van der Waals surface area contributed by atoms with Gasteiger partial charge in [0.05, 0.1) is 12.6 Å². The lowest BCUT2D eigenvalue weighted by molar-refractivity contribution is -0.150. The molecular weight excluding hydrogens is 410 g/mol. The predicted octanol–water partition coefficient (Wildman–Crippen LogP) is 3.58. The predicted molar refractivity (Wildman–Crippen MR) is 116 cm³/mol. The summed E-state index contributed by atoms with van der Waals surface area (Å²) in [4.78, 5) is 15.3. The van der Waals surface area contributed by atoms with Gasteiger partial charge in [-0.15, -0.1) is 0 Å². The normalized spacial score (nSPS) is 24.9. The molecule has 2 N–H and O–H groups in total. The third-order valence-electron chi connectivity index (χ3n) is 5.45. The van der Waals surface area contributed by atoms with Crippen molar-refractivity contribution in [1.82, 2.24) is 10.2 Å². The minimum atomic E-state index is -0.962. The molecule has 0 unspecified atom stereocenters. The Balaban J connectivity index is 1.73. The van der Waals surface area contributed by atoms with E-state index >= 15 is 0 Å². The second kappa shape index (κ2) is 7.82. The lowest BCUT2D eigenvalue weighted by atomic mass is 9.79. The van der Waals surface area contributed by atoms with Gasteiger partial charge in [0, 0.05) is 29.9 Å². The van der Waals surface area contributed by atoms with Gasteiger partial charge in [-0.1, -0.05) is 29.8 Å². The average molecular weight is 432 g/mol. The van der Waals surface area contributed by atoms with Crippen LogP contribution in [0.4, 0.5) is 5.69 Å². The molecule has 0 aromatic heterocycles. The van der Waals surface area contributed by atoms with Crippen LogP contribution in [0.3, 0.4) is 0 Å². The van der Waals surface area contributed by atoms with Crippen molar-refractivity contribution in [3.8, 4) is 5.75 Å². The van der Waals surface area contributed by atoms with E-state index in [9.17, 15) is 4.79 Å². The summed E-state index contributed by atoms with van der Waals surface area (Å²) in [5, 5.41) is 7.50. The van der Waals surface area contributed by atoms with Crippen LogP contribution >= 0.6 is 23.8 Å². The Labute approximate surface area is 180 Å². The fourth-order valence-corrected chi connectivity index (χ4v) is 4.58. The quantitative estimate of drug-likeness (QED) is 0.705. The zero-order chi connectivity index (χ0) is 20.6. The molecule has 0 spiro atoms. The van der Waals surface area contributed by atoms with Crippen molar-refractivity contribution < 1.29 is 14.3 Å². The molecule has 0 aliphatic carbocycles. The summed E-state index contributed by atoms with van der Waals surface area (Å²) in [7, 11) is 1.63. The maximum Gasteiger partial charge on any atom is 0.236 e. The number of nitrogens with zero attached hydrogens (tertiary/aromatic N) is 1. The number of nitrogens with one attached hydrogen (secondary N) is 2. The van der Waals surface area contributed by atoms with Crippen molar-refractivity contribution in [1.29, 1.82) is 0 Å². The van der Waals surface area contributed by atoms with E-state index in [2.05, 4.69) is 10.6 Å². The van der Waals surface area contributed by atoms with Crippen molar-refractivity contribution in [3.05, 3.63) is 59.1 Å². The van der Waals surface area contributed by atoms with E-state index in [4.69, 9.17) is 33.3 Å². The highest BCUT2D eigenvalue weighted by molar-refractivity contribution is 7.80. The van der Waals surface area contributed by atoms with Crippen LogP contribution in [0.15, 0.2) is 48.5 Å². The number of amides is 1. The minimum Gasteiger partial charge on any atom is -0.467 e. The first kappa shape index (κ1) is 19.9. The summed E-state index contributed by atoms with van der Waals surface area (Å²) in [5.41, 5.74) is 0.622. The molecule has 2 aromatic rings. The second-order valence-corrected chi connectivity index (χ2v) is 8.06. The molecule has 8 heteroatoms. The van der Waals surface area contributed by atoms with Gasteiger partial charge in [0.2, 0.25) is 5.91 Å². The molecule has 1 fully saturated rings. The van der Waals surface area contributed by atoms with E-state index in [-0.39, 0.29) is 11.9 Å². The van der Waals surface area contributed by atoms with Gasteiger partial charge < -0.3 is 25.0 Å². The van der Waals surface area contributed by atoms with E-state index in [1.54, 1.807) is 31.4 Å². The molecule has 0 radical (unpaired) electrons. The standard InChI is InChI=1S/C21H22ClN3O3S/c1-21-17(19(26)23-14-9-7-13(22)8-10-14)18(15-5-3-4-6-16(15)28-21)24-20(29)25(21)11-12-27-2/h3-10,17-18H,11-12H2,1-2H3,(H,23,26)(H,24,29)/t17-,18+,21-/m0/s1. The lowest BCUT2D eigenvalue weighted by Crippen LogP contribution is -2.72. The number of anilines is 1. The fraction of sp³-hybridized carbons (Fsp3) is 0.333. The molecular formula is C21H22ClN3O3S. The topological polar surface area (TPSA) is 62.8 Å². The van der Waals surface area contributed by atoms with Crippen LogP contribution in [-0.2, 0) is 9.53 Å². The van der Waals surface area contributed by atoms with Crippen LogP contribution < -0.4 is 15.4 Å². The molecule has 3 atom stereocenters. The lowest BCUT2D eigenvalue weighted by Gasteiger charge is -2.56. The van der Waals surface area contributed by atoms with Crippen molar-refractivity contribution in [2.75, 3.05) is 25.6 Å². The second-order valence-electron chi connectivity index (χ2n) is 7.24. The van der Waals surface area contributed by atoms with Gasteiger partial charge in [0.25, 0.3) is 0 Å². The van der Waals surface area contributed by atoms with E-state index in [0.29, 0.717) is 29.0 Å². The van der Waals surface area contributed by atoms with Crippen LogP contribution in [0.5, 0.6) is 5.75 Å². The number of hydrogen-bond acceptors (Lipinski definition) is 4. The summed E-state index contributed by atoms with van der Waals surface area (Å²) >= 11 is 11.6. The number of halogens is 1. The zero-order valence-corrected chi connectivity index (χ0v) is 17.7. The van der Waals surface area contributed by atoms with E-state index in [1.807, 2.05) is 36.1 Å². The Morgan fingerprint density at radius 3 is 2.76 bits per heavy atom. The van der Waals surface area contributed by atoms with Gasteiger partial charge in [-0.2, -0.15) is 0 Å². The van der Waals surface area contributed by atoms with Gasteiger partial charge in [0.1, 0.15) is 11.7 Å². The highest BCUT2D eigenvalue weighted by Gasteiger charge is 2.58. The van der Waals surface area contributed by atoms with Gasteiger partial charge >= 0.3 is 0 Å². The zero-order valence-electron chi connectivity index (χ0n) is 16.1. The molecule has 2 aromatic carbocycles. The fourth-order valence-electron chi connectivity index (χ4n) is 4.06. The molecule has 2 bridgehead atoms. The summed E-state index contributed by atoms with van der Waals surface area (Å²) in [6.07, 6.45) is 0. The Kier molecular flexibility index (Phi) is 5.38. The monoisotopic (exact) mass is 431 g/mol. The van der Waals surface area contributed by atoms with E-state index in [1.165, 1.54) is 0 Å². The molecule has 4 rings (SSSR count). The SMILES string of the molecule is COCCN1C(=S)N[C@@H]2c3ccccc3O[C@@]1(C)[C@@H]2C(=O)Nc1ccc(Cl)cc1. The first-order valence-corrected chi connectivity index (χ1v) is 10.1. The van der Waals surface area contributed by atoms with Crippen molar-refractivity contribution in [2.45, 2.75) is 18.7 Å². The van der Waals surface area contributed by atoms with Gasteiger partial charge in [-0.05, 0) is 49.5 Å². The number of benzene rings is 2. The first-order chi connectivity index (χ1) is 13.9. The highest BCUT2D eigenvalue weighted by Crippen LogP contribution is 2.48. The highest BCUT2D eigenvalue weighted by atomic mass is 35.5. The average Bonchev–Trinajstić information content (AvgIpc) is 2.69. The Morgan fingerprint density at radius 2 is 2.03 bits per heavy atom. The Bertz CT molecular complexity index is 939. The number of methoxy groups -OCH3 is 1. The molecule has 152 valence electrons. The number of hydrogen-bond donors (Lipinski definition) is 2. The van der Waals surface area contributed by atoms with Crippen LogP contribution in [0.2, 0.25) is 5.02 Å². The molecule has 2 aliphatic heterocycles. The summed E-state index contributed by atoms with van der Waals surface area (Å²) in [6.45, 7) is 2.86. The van der Waals surface area contributed by atoms with Crippen molar-refractivity contribution in [2.24, 2.45) is 5.92 Å². The molecule has 1 saturated heterocycles. The molecule has 2 aliphatic rings. The maximum absolute atomic E-state index is 13.4. The van der Waals surface area contributed by atoms with Crippen LogP contribution in [0.1, 0.15) is 18.5 Å². The number of para-hydroxylation sites is 1. The molecule has 1 amide bonds. The van der Waals surface area contributed by atoms with Crippen molar-refractivity contribution >= 4 is 40.5 Å². The maximum atomic E-state index is 13.4. The smallest absolute Gasteiger partial charge is 0.236 e. The van der Waals surface area contributed by atoms with Gasteiger partial charge in [-0.3, -0.25) is 4.79 Å². The summed E-state index contributed by atoms with van der Waals surface area (Å²) in [5.74, 6) is 0.0383. The minimum absolute atomic E-state index is 0.160. The molecule has 2 heterocycles.